The van der Waals surface area contributed by atoms with E-state index in [1.54, 1.807) is 0 Å². The minimum absolute atomic E-state index is 0.676. The van der Waals surface area contributed by atoms with Crippen LogP contribution in [0.25, 0.3) is 161 Å². The Bertz CT molecular complexity index is 5370. The van der Waals surface area contributed by atoms with Crippen LogP contribution in [-0.2, 0) is 0 Å². The second-order valence-electron chi connectivity index (χ2n) is 23.4. The smallest absolute Gasteiger partial charge is 0.160 e. The molecule has 0 saturated carbocycles. The molecule has 436 valence electrons. The summed E-state index contributed by atoms with van der Waals surface area (Å²) in [4.78, 5) is 20.4. The predicted molar refractivity (Wildman–Crippen MR) is 385 cm³/mol. The van der Waals surface area contributed by atoms with Gasteiger partial charge in [0.15, 0.2) is 11.6 Å². The Kier molecular flexibility index (Phi) is 13.7. The molecule has 0 spiro atoms. The molecule has 0 aliphatic carbocycles. The van der Waals surface area contributed by atoms with Gasteiger partial charge in [0.2, 0.25) is 0 Å². The quantitative estimate of drug-likeness (QED) is 0.137. The van der Waals surface area contributed by atoms with Gasteiger partial charge in [0, 0.05) is 82.8 Å². The maximum Gasteiger partial charge on any atom is 0.160 e. The van der Waals surface area contributed by atoms with Crippen LogP contribution in [0.2, 0.25) is 0 Å². The molecule has 0 radical (unpaired) electrons. The maximum absolute atomic E-state index is 5.26. The lowest BCUT2D eigenvalue weighted by Gasteiger charge is -2.16. The zero-order valence-corrected chi connectivity index (χ0v) is 50.5. The molecule has 93 heavy (non-hydrogen) atoms. The number of hydrogen-bond acceptors (Lipinski definition) is 4. The van der Waals surface area contributed by atoms with Crippen LogP contribution in [0, 0.1) is 0 Å². The number of para-hydroxylation sites is 6. The van der Waals surface area contributed by atoms with Crippen LogP contribution in [0.5, 0.6) is 0 Å². The average molecular weight is 1190 g/mol. The molecule has 0 N–H and O–H groups in total. The molecule has 18 rings (SSSR count). The topological polar surface area (TPSA) is 66.3 Å². The van der Waals surface area contributed by atoms with E-state index in [9.17, 15) is 0 Å². The molecule has 18 aromatic rings. The summed E-state index contributed by atoms with van der Waals surface area (Å²) in [6.07, 6.45) is 0. The Morgan fingerprint density at radius 1 is 0.161 bits per heavy atom. The van der Waals surface area contributed by atoms with E-state index in [1.807, 2.05) is 48.5 Å². The van der Waals surface area contributed by atoms with Crippen LogP contribution in [0.15, 0.2) is 346 Å². The van der Waals surface area contributed by atoms with Crippen molar-refractivity contribution in [1.82, 2.24) is 33.6 Å². The van der Waals surface area contributed by atoms with Gasteiger partial charge in [-0.3, -0.25) is 0 Å². The van der Waals surface area contributed by atoms with Gasteiger partial charge in [-0.05, 0) is 90.0 Å². The van der Waals surface area contributed by atoms with Crippen molar-refractivity contribution >= 4 is 65.4 Å². The van der Waals surface area contributed by atoms with Gasteiger partial charge in [0.25, 0.3) is 0 Å². The highest BCUT2D eigenvalue weighted by atomic mass is 15.0. The molecule has 0 amide bonds. The zero-order chi connectivity index (χ0) is 61.6. The van der Waals surface area contributed by atoms with Crippen molar-refractivity contribution in [3.63, 3.8) is 0 Å². The monoisotopic (exact) mass is 1190 g/mol. The third-order valence-electron chi connectivity index (χ3n) is 17.7. The van der Waals surface area contributed by atoms with Gasteiger partial charge in [-0.25, -0.2) is 19.9 Å². The van der Waals surface area contributed by atoms with Crippen molar-refractivity contribution in [1.29, 1.82) is 0 Å². The highest BCUT2D eigenvalue weighted by molar-refractivity contribution is 6.11. The van der Waals surface area contributed by atoms with E-state index in [2.05, 4.69) is 311 Å². The van der Waals surface area contributed by atoms with E-state index in [0.717, 1.165) is 107 Å². The van der Waals surface area contributed by atoms with Gasteiger partial charge in [-0.1, -0.05) is 267 Å². The lowest BCUT2D eigenvalue weighted by molar-refractivity contribution is 1.12. The first-order valence-corrected chi connectivity index (χ1v) is 31.4. The highest BCUT2D eigenvalue weighted by Gasteiger charge is 2.20. The molecule has 0 unspecified atom stereocenters. The third kappa shape index (κ3) is 10.1. The zero-order valence-electron chi connectivity index (χ0n) is 50.5. The van der Waals surface area contributed by atoms with Crippen molar-refractivity contribution < 1.29 is 0 Å². The fraction of sp³-hybridized carbons (Fsp3) is 0. The van der Waals surface area contributed by atoms with Crippen LogP contribution in [0.4, 0.5) is 0 Å². The highest BCUT2D eigenvalue weighted by Crippen LogP contribution is 2.40. The first kappa shape index (κ1) is 54.6. The molecule has 0 bridgehead atoms. The van der Waals surface area contributed by atoms with E-state index >= 15 is 0 Å². The number of nitrogens with zero attached hydrogens (tertiary/aromatic N) is 7. The van der Waals surface area contributed by atoms with Gasteiger partial charge < -0.3 is 13.7 Å². The van der Waals surface area contributed by atoms with Crippen molar-refractivity contribution in [2.45, 2.75) is 0 Å². The number of aromatic nitrogens is 7. The van der Waals surface area contributed by atoms with Crippen molar-refractivity contribution in [3.8, 4) is 96.0 Å². The summed E-state index contributed by atoms with van der Waals surface area (Å²) >= 11 is 0. The molecule has 5 aromatic heterocycles. The fourth-order valence-electron chi connectivity index (χ4n) is 13.4. The lowest BCUT2D eigenvalue weighted by Crippen LogP contribution is -2.02. The van der Waals surface area contributed by atoms with E-state index in [4.69, 9.17) is 19.9 Å². The van der Waals surface area contributed by atoms with Crippen molar-refractivity contribution in [2.75, 3.05) is 0 Å². The van der Waals surface area contributed by atoms with Gasteiger partial charge >= 0.3 is 0 Å². The van der Waals surface area contributed by atoms with Crippen LogP contribution in [0.3, 0.4) is 0 Å². The SMILES string of the molecule is c1ccc(-c2cc(-c3ccc(-c4ccc(-n5c6ccccc6c6ccccc65)cc4)cc3)nc(-c3ccccc3)n2)cc1.c1ccc(-c2cc(-c3ccccc3)nc(-c3cc(-n4c5ccccc5c5ccccc54)cc(-n4c5ccccc5c5ccccc54)c3)n2)cc1. The van der Waals surface area contributed by atoms with Crippen molar-refractivity contribution in [3.05, 3.63) is 346 Å². The standard InChI is InChI=1S/C46H30N4.C40H27N3/c1-3-15-31(16-4-1)40-30-41(32-17-5-2-6-18-32)48-46(47-40)33-27-34(49-42-23-11-7-19-36(42)37-20-8-12-24-43(37)49)29-35(28-33)50-44-25-13-9-21-38(44)39-22-10-14-26-45(39)50;1-3-11-30(12-4-1)36-27-37(42-40(41-36)32-13-5-2-6-14-32)31-21-19-28(20-22-31)29-23-25-33(26-24-29)43-38-17-9-7-15-34(38)35-16-8-10-18-39(35)43/h1-30H;1-27H. The van der Waals surface area contributed by atoms with Gasteiger partial charge in [-0.15, -0.1) is 0 Å². The van der Waals surface area contributed by atoms with Gasteiger partial charge in [0.1, 0.15) is 0 Å². The molecule has 13 aromatic carbocycles. The summed E-state index contributed by atoms with van der Waals surface area (Å²) in [6.45, 7) is 0. The van der Waals surface area contributed by atoms with Crippen LogP contribution in [0.1, 0.15) is 0 Å². The fourth-order valence-corrected chi connectivity index (χ4v) is 13.4. The van der Waals surface area contributed by atoms with Crippen molar-refractivity contribution in [2.24, 2.45) is 0 Å². The van der Waals surface area contributed by atoms with Crippen LogP contribution >= 0.6 is 0 Å². The number of fused-ring (bicyclic) bond motifs is 9. The molecule has 7 heteroatoms. The summed E-state index contributed by atoms with van der Waals surface area (Å²) in [7, 11) is 0. The normalized spacial score (nSPS) is 11.4. The summed E-state index contributed by atoms with van der Waals surface area (Å²) in [5.41, 5.74) is 22.4. The van der Waals surface area contributed by atoms with E-state index in [1.165, 1.54) is 48.9 Å². The number of benzene rings is 13. The van der Waals surface area contributed by atoms with E-state index in [0.29, 0.717) is 5.82 Å². The molecule has 0 fully saturated rings. The first-order chi connectivity index (χ1) is 46.1. The van der Waals surface area contributed by atoms with Gasteiger partial charge in [0.05, 0.1) is 55.9 Å². The van der Waals surface area contributed by atoms with Crippen LogP contribution in [-0.4, -0.2) is 33.6 Å². The molecule has 0 aliphatic heterocycles. The molecular weight excluding hydrogens is 1130 g/mol. The summed E-state index contributed by atoms with van der Waals surface area (Å²) in [6, 6.07) is 122. The van der Waals surface area contributed by atoms with E-state index < -0.39 is 0 Å². The Morgan fingerprint density at radius 2 is 0.398 bits per heavy atom. The number of hydrogen-bond donors (Lipinski definition) is 0. The summed E-state index contributed by atoms with van der Waals surface area (Å²) < 4.78 is 7.11. The van der Waals surface area contributed by atoms with Crippen LogP contribution < -0.4 is 0 Å². The largest absolute Gasteiger partial charge is 0.309 e. The Labute approximate surface area is 537 Å². The first-order valence-electron chi connectivity index (χ1n) is 31.4. The van der Waals surface area contributed by atoms with E-state index in [-0.39, 0.29) is 0 Å². The summed E-state index contributed by atoms with van der Waals surface area (Å²) in [5.74, 6) is 1.40. The Hall–Kier alpha value is -12.6. The minimum Gasteiger partial charge on any atom is -0.309 e. The predicted octanol–water partition coefficient (Wildman–Crippen LogP) is 21.9. The van der Waals surface area contributed by atoms with Gasteiger partial charge in [-0.2, -0.15) is 0 Å². The summed E-state index contributed by atoms with van der Waals surface area (Å²) in [5, 5.41) is 7.43. The Balaban J connectivity index is 0.000000144. The minimum atomic E-state index is 0.676. The molecule has 7 nitrogen and oxygen atoms in total. The molecule has 0 saturated heterocycles. The molecule has 0 aliphatic rings. The number of rotatable bonds is 10. The molecule has 5 heterocycles. The average Bonchev–Trinajstić information content (AvgIpc) is 1.65. The maximum atomic E-state index is 5.26. The second-order valence-corrected chi connectivity index (χ2v) is 23.4. The third-order valence-corrected chi connectivity index (χ3v) is 17.7. The second kappa shape index (κ2) is 23.4. The molecular formula is C86H57N7. The molecule has 0 atom stereocenters. The Morgan fingerprint density at radius 3 is 0.720 bits per heavy atom. The lowest BCUT2D eigenvalue weighted by atomic mass is 10.0.